The molecule has 5 heteroatoms. The quantitative estimate of drug-likeness (QED) is 0.462. The standard InChI is InChI=1S/C15H22ClN3O/c1-4-10-18-15(17-5-2)19-11-12(3)20-14-8-6-13(16)7-9-14/h4,6-9,12H,1,5,10-11H2,2-3H3,(H2,17,18,19). The van der Waals surface area contributed by atoms with Crippen molar-refractivity contribution in [2.75, 3.05) is 19.6 Å². The number of hydrogen-bond donors (Lipinski definition) is 2. The molecule has 1 aromatic rings. The Hall–Kier alpha value is -1.68. The molecule has 20 heavy (non-hydrogen) atoms. The molecule has 4 nitrogen and oxygen atoms in total. The summed E-state index contributed by atoms with van der Waals surface area (Å²) < 4.78 is 5.76. The molecular formula is C15H22ClN3O. The fraction of sp³-hybridized carbons (Fsp3) is 0.400. The Balaban J connectivity index is 2.48. The fourth-order valence-electron chi connectivity index (χ4n) is 1.51. The Morgan fingerprint density at radius 1 is 1.40 bits per heavy atom. The Labute approximate surface area is 125 Å². The summed E-state index contributed by atoms with van der Waals surface area (Å²) in [6, 6.07) is 7.32. The number of rotatable bonds is 7. The summed E-state index contributed by atoms with van der Waals surface area (Å²) in [5.41, 5.74) is 0. The van der Waals surface area contributed by atoms with Crippen molar-refractivity contribution >= 4 is 17.6 Å². The van der Waals surface area contributed by atoms with Crippen LogP contribution >= 0.6 is 11.6 Å². The third-order valence-corrected chi connectivity index (χ3v) is 2.67. The highest BCUT2D eigenvalue weighted by molar-refractivity contribution is 6.30. The summed E-state index contributed by atoms with van der Waals surface area (Å²) in [5, 5.41) is 7.01. The molecule has 0 aliphatic carbocycles. The summed E-state index contributed by atoms with van der Waals surface area (Å²) >= 11 is 5.83. The van der Waals surface area contributed by atoms with Crippen LogP contribution in [-0.2, 0) is 0 Å². The van der Waals surface area contributed by atoms with Crippen LogP contribution in [0.3, 0.4) is 0 Å². The lowest BCUT2D eigenvalue weighted by Crippen LogP contribution is -2.38. The van der Waals surface area contributed by atoms with Gasteiger partial charge in [0.15, 0.2) is 5.96 Å². The second-order valence-electron chi connectivity index (χ2n) is 4.27. The van der Waals surface area contributed by atoms with E-state index in [1.54, 1.807) is 6.08 Å². The van der Waals surface area contributed by atoms with Crippen LogP contribution < -0.4 is 15.4 Å². The van der Waals surface area contributed by atoms with E-state index >= 15 is 0 Å². The minimum Gasteiger partial charge on any atom is -0.489 e. The molecule has 0 aliphatic heterocycles. The van der Waals surface area contributed by atoms with Crippen LogP contribution in [0.5, 0.6) is 5.75 Å². The van der Waals surface area contributed by atoms with Crippen molar-refractivity contribution in [1.82, 2.24) is 10.6 Å². The zero-order valence-corrected chi connectivity index (χ0v) is 12.8. The zero-order chi connectivity index (χ0) is 14.8. The molecule has 0 amide bonds. The van der Waals surface area contributed by atoms with Crippen molar-refractivity contribution in [1.29, 1.82) is 0 Å². The van der Waals surface area contributed by atoms with E-state index in [0.29, 0.717) is 18.1 Å². The minimum atomic E-state index is -0.0182. The van der Waals surface area contributed by atoms with Crippen molar-refractivity contribution in [3.63, 3.8) is 0 Å². The van der Waals surface area contributed by atoms with E-state index in [-0.39, 0.29) is 6.10 Å². The second kappa shape index (κ2) is 9.26. The smallest absolute Gasteiger partial charge is 0.191 e. The molecule has 1 rings (SSSR count). The minimum absolute atomic E-state index is 0.0182. The highest BCUT2D eigenvalue weighted by Crippen LogP contribution is 2.16. The molecule has 1 aromatic carbocycles. The normalized spacial score (nSPS) is 12.7. The highest BCUT2D eigenvalue weighted by atomic mass is 35.5. The van der Waals surface area contributed by atoms with Crippen molar-refractivity contribution < 1.29 is 4.74 Å². The average Bonchev–Trinajstić information content (AvgIpc) is 2.44. The zero-order valence-electron chi connectivity index (χ0n) is 12.0. The molecular weight excluding hydrogens is 274 g/mol. The monoisotopic (exact) mass is 295 g/mol. The van der Waals surface area contributed by atoms with Gasteiger partial charge >= 0.3 is 0 Å². The maximum atomic E-state index is 5.83. The fourth-order valence-corrected chi connectivity index (χ4v) is 1.64. The van der Waals surface area contributed by atoms with E-state index < -0.39 is 0 Å². The van der Waals surface area contributed by atoms with Gasteiger partial charge in [0.25, 0.3) is 0 Å². The molecule has 0 heterocycles. The van der Waals surface area contributed by atoms with E-state index in [4.69, 9.17) is 16.3 Å². The van der Waals surface area contributed by atoms with Crippen LogP contribution in [0.15, 0.2) is 41.9 Å². The first-order valence-electron chi connectivity index (χ1n) is 6.71. The summed E-state index contributed by atoms with van der Waals surface area (Å²) in [6.45, 7) is 9.74. The summed E-state index contributed by atoms with van der Waals surface area (Å²) in [5.74, 6) is 1.56. The van der Waals surface area contributed by atoms with E-state index in [0.717, 1.165) is 18.3 Å². The van der Waals surface area contributed by atoms with Crippen LogP contribution in [0, 0.1) is 0 Å². The van der Waals surface area contributed by atoms with Crippen molar-refractivity contribution in [2.24, 2.45) is 4.99 Å². The van der Waals surface area contributed by atoms with E-state index in [1.807, 2.05) is 38.1 Å². The van der Waals surface area contributed by atoms with Gasteiger partial charge in [-0.1, -0.05) is 17.7 Å². The van der Waals surface area contributed by atoms with Gasteiger partial charge in [0.05, 0.1) is 6.54 Å². The van der Waals surface area contributed by atoms with Crippen molar-refractivity contribution in [2.45, 2.75) is 20.0 Å². The molecule has 0 aromatic heterocycles. The summed E-state index contributed by atoms with van der Waals surface area (Å²) in [7, 11) is 0. The predicted octanol–water partition coefficient (Wildman–Crippen LogP) is 2.85. The summed E-state index contributed by atoms with van der Waals surface area (Å²) in [6.07, 6.45) is 1.77. The number of aliphatic imine (C=N–C) groups is 1. The number of ether oxygens (including phenoxy) is 1. The second-order valence-corrected chi connectivity index (χ2v) is 4.71. The van der Waals surface area contributed by atoms with Gasteiger partial charge in [-0.2, -0.15) is 0 Å². The SMILES string of the molecule is C=CCNC(=NCC(C)Oc1ccc(Cl)cc1)NCC. The molecule has 0 aliphatic rings. The van der Waals surface area contributed by atoms with Gasteiger partial charge in [-0.3, -0.25) is 0 Å². The number of benzene rings is 1. The molecule has 1 atom stereocenters. The van der Waals surface area contributed by atoms with Gasteiger partial charge in [-0.15, -0.1) is 6.58 Å². The maximum absolute atomic E-state index is 5.83. The van der Waals surface area contributed by atoms with E-state index in [1.165, 1.54) is 0 Å². The van der Waals surface area contributed by atoms with Crippen LogP contribution in [0.25, 0.3) is 0 Å². The first kappa shape index (κ1) is 16.4. The van der Waals surface area contributed by atoms with Gasteiger partial charge in [0.1, 0.15) is 11.9 Å². The number of nitrogens with one attached hydrogen (secondary N) is 2. The lowest BCUT2D eigenvalue weighted by Gasteiger charge is -2.14. The predicted molar refractivity (Wildman–Crippen MR) is 85.7 cm³/mol. The maximum Gasteiger partial charge on any atom is 0.191 e. The Kier molecular flexibility index (Phi) is 7.58. The van der Waals surface area contributed by atoms with Crippen LogP contribution in [0.1, 0.15) is 13.8 Å². The molecule has 0 radical (unpaired) electrons. The first-order valence-corrected chi connectivity index (χ1v) is 7.08. The Morgan fingerprint density at radius 3 is 2.70 bits per heavy atom. The topological polar surface area (TPSA) is 45.7 Å². The van der Waals surface area contributed by atoms with Crippen LogP contribution in [0.4, 0.5) is 0 Å². The van der Waals surface area contributed by atoms with Gasteiger partial charge in [0.2, 0.25) is 0 Å². The van der Waals surface area contributed by atoms with Gasteiger partial charge in [0, 0.05) is 18.1 Å². The summed E-state index contributed by atoms with van der Waals surface area (Å²) in [4.78, 5) is 4.46. The molecule has 0 spiro atoms. The number of guanidine groups is 1. The highest BCUT2D eigenvalue weighted by Gasteiger charge is 2.04. The van der Waals surface area contributed by atoms with Crippen molar-refractivity contribution in [3.8, 4) is 5.75 Å². The molecule has 110 valence electrons. The number of hydrogen-bond acceptors (Lipinski definition) is 2. The number of nitrogens with zero attached hydrogens (tertiary/aromatic N) is 1. The first-order chi connectivity index (χ1) is 9.65. The largest absolute Gasteiger partial charge is 0.489 e. The van der Waals surface area contributed by atoms with Gasteiger partial charge < -0.3 is 15.4 Å². The molecule has 0 bridgehead atoms. The van der Waals surface area contributed by atoms with Gasteiger partial charge in [-0.05, 0) is 38.1 Å². The van der Waals surface area contributed by atoms with Crippen LogP contribution in [-0.4, -0.2) is 31.7 Å². The van der Waals surface area contributed by atoms with Crippen LogP contribution in [0.2, 0.25) is 5.02 Å². The van der Waals surface area contributed by atoms with Crippen molar-refractivity contribution in [3.05, 3.63) is 41.9 Å². The molecule has 2 N–H and O–H groups in total. The van der Waals surface area contributed by atoms with E-state index in [2.05, 4.69) is 22.2 Å². The Morgan fingerprint density at radius 2 is 2.10 bits per heavy atom. The third-order valence-electron chi connectivity index (χ3n) is 2.42. The molecule has 1 unspecified atom stereocenters. The lowest BCUT2D eigenvalue weighted by molar-refractivity contribution is 0.230. The molecule has 0 saturated carbocycles. The lowest BCUT2D eigenvalue weighted by atomic mass is 10.3. The van der Waals surface area contributed by atoms with E-state index in [9.17, 15) is 0 Å². The van der Waals surface area contributed by atoms with Gasteiger partial charge in [-0.25, -0.2) is 4.99 Å². The molecule has 0 saturated heterocycles. The Bertz CT molecular complexity index is 431. The average molecular weight is 296 g/mol. The molecule has 0 fully saturated rings. The third kappa shape index (κ3) is 6.48. The number of halogens is 1.